The van der Waals surface area contributed by atoms with E-state index in [-0.39, 0.29) is 5.91 Å². The molecule has 6 heteroatoms. The summed E-state index contributed by atoms with van der Waals surface area (Å²) in [5.41, 5.74) is 4.44. The van der Waals surface area contributed by atoms with Crippen molar-refractivity contribution >= 4 is 28.3 Å². The summed E-state index contributed by atoms with van der Waals surface area (Å²) >= 11 is 1.42. The zero-order valence-electron chi connectivity index (χ0n) is 15.0. The molecule has 0 unspecified atom stereocenters. The molecule has 0 saturated carbocycles. The quantitative estimate of drug-likeness (QED) is 0.491. The van der Waals surface area contributed by atoms with E-state index >= 15 is 0 Å². The first-order valence-corrected chi connectivity index (χ1v) is 9.74. The fraction of sp³-hybridized carbons (Fsp3) is 0.190. The van der Waals surface area contributed by atoms with Gasteiger partial charge < -0.3 is 10.3 Å². The van der Waals surface area contributed by atoms with Gasteiger partial charge in [0.1, 0.15) is 10.5 Å². The Morgan fingerprint density at radius 3 is 2.74 bits per heavy atom. The van der Waals surface area contributed by atoms with Gasteiger partial charge in [0.05, 0.1) is 11.2 Å². The first kappa shape index (κ1) is 17.4. The number of nitrogens with one attached hydrogen (secondary N) is 2. The standard InChI is InChI=1S/C21H20N4OS/c1-14-24-13-19(27-14)21(26)23-9-2-3-15-4-6-16(7-5-15)18-11-17-8-10-22-20(17)25-12-18/h4-8,10-13H,2-3,9H2,1H3,(H,22,25)(H,23,26). The Morgan fingerprint density at radius 1 is 1.11 bits per heavy atom. The third-order valence-electron chi connectivity index (χ3n) is 4.46. The van der Waals surface area contributed by atoms with E-state index in [4.69, 9.17) is 0 Å². The van der Waals surface area contributed by atoms with Crippen molar-refractivity contribution in [3.05, 3.63) is 70.4 Å². The Bertz CT molecular complexity index is 1070. The van der Waals surface area contributed by atoms with Crippen LogP contribution in [0.3, 0.4) is 0 Å². The van der Waals surface area contributed by atoms with E-state index in [1.54, 1.807) is 6.20 Å². The van der Waals surface area contributed by atoms with Crippen LogP contribution in [-0.2, 0) is 6.42 Å². The lowest BCUT2D eigenvalue weighted by Gasteiger charge is -2.06. The number of thiazole rings is 1. The van der Waals surface area contributed by atoms with Crippen molar-refractivity contribution in [2.75, 3.05) is 6.54 Å². The molecular weight excluding hydrogens is 356 g/mol. The Balaban J connectivity index is 1.30. The van der Waals surface area contributed by atoms with Crippen molar-refractivity contribution in [3.8, 4) is 11.1 Å². The molecule has 1 aromatic carbocycles. The number of amides is 1. The van der Waals surface area contributed by atoms with Gasteiger partial charge in [-0.3, -0.25) is 4.79 Å². The Labute approximate surface area is 161 Å². The summed E-state index contributed by atoms with van der Waals surface area (Å²) in [5.74, 6) is -0.0383. The monoisotopic (exact) mass is 376 g/mol. The van der Waals surface area contributed by atoms with Crippen molar-refractivity contribution in [3.63, 3.8) is 0 Å². The van der Waals surface area contributed by atoms with Crippen LogP contribution in [0.1, 0.15) is 26.7 Å². The molecule has 0 radical (unpaired) electrons. The lowest BCUT2D eigenvalue weighted by molar-refractivity contribution is 0.0957. The van der Waals surface area contributed by atoms with E-state index in [0.717, 1.165) is 40.0 Å². The number of H-pyrrole nitrogens is 1. The van der Waals surface area contributed by atoms with E-state index < -0.39 is 0 Å². The summed E-state index contributed by atoms with van der Waals surface area (Å²) in [5, 5.41) is 4.98. The highest BCUT2D eigenvalue weighted by molar-refractivity contribution is 7.13. The van der Waals surface area contributed by atoms with Crippen molar-refractivity contribution in [2.24, 2.45) is 0 Å². The molecule has 1 amide bonds. The average Bonchev–Trinajstić information content (AvgIpc) is 3.33. The van der Waals surface area contributed by atoms with Crippen LogP contribution in [0, 0.1) is 6.92 Å². The van der Waals surface area contributed by atoms with Crippen LogP contribution >= 0.6 is 11.3 Å². The second-order valence-corrected chi connectivity index (χ2v) is 7.67. The first-order chi connectivity index (χ1) is 13.2. The van der Waals surface area contributed by atoms with Crippen LogP contribution in [0.4, 0.5) is 0 Å². The fourth-order valence-corrected chi connectivity index (χ4v) is 3.70. The maximum absolute atomic E-state index is 12.0. The minimum absolute atomic E-state index is 0.0383. The highest BCUT2D eigenvalue weighted by Crippen LogP contribution is 2.23. The van der Waals surface area contributed by atoms with Gasteiger partial charge in [-0.1, -0.05) is 24.3 Å². The summed E-state index contributed by atoms with van der Waals surface area (Å²) in [4.78, 5) is 24.3. The number of rotatable bonds is 6. The number of pyridine rings is 1. The molecule has 3 aromatic heterocycles. The molecular formula is C21H20N4OS. The van der Waals surface area contributed by atoms with Gasteiger partial charge in [-0.2, -0.15) is 0 Å². The number of nitrogens with zero attached hydrogens (tertiary/aromatic N) is 2. The molecule has 0 spiro atoms. The lowest BCUT2D eigenvalue weighted by atomic mass is 10.0. The van der Waals surface area contributed by atoms with Gasteiger partial charge >= 0.3 is 0 Å². The van der Waals surface area contributed by atoms with Crippen molar-refractivity contribution in [1.82, 2.24) is 20.3 Å². The lowest BCUT2D eigenvalue weighted by Crippen LogP contribution is -2.23. The average molecular weight is 376 g/mol. The van der Waals surface area contributed by atoms with Gasteiger partial charge in [-0.15, -0.1) is 11.3 Å². The number of hydrogen-bond donors (Lipinski definition) is 2. The number of carbonyl (C=O) groups is 1. The maximum Gasteiger partial charge on any atom is 0.263 e. The second kappa shape index (κ2) is 7.72. The molecule has 0 atom stereocenters. The minimum atomic E-state index is -0.0383. The number of aryl methyl sites for hydroxylation is 2. The maximum atomic E-state index is 12.0. The SMILES string of the molecule is Cc1ncc(C(=O)NCCCc2ccc(-c3cnc4[nH]ccc4c3)cc2)s1. The molecule has 0 aliphatic heterocycles. The summed E-state index contributed by atoms with van der Waals surface area (Å²) in [7, 11) is 0. The number of fused-ring (bicyclic) bond motifs is 1. The van der Waals surface area contributed by atoms with Gasteiger partial charge in [-0.25, -0.2) is 9.97 Å². The molecule has 136 valence electrons. The Kier molecular flexibility index (Phi) is 4.98. The molecule has 0 saturated heterocycles. The number of benzene rings is 1. The smallest absolute Gasteiger partial charge is 0.263 e. The summed E-state index contributed by atoms with van der Waals surface area (Å²) < 4.78 is 0. The molecule has 0 aliphatic carbocycles. The summed E-state index contributed by atoms with van der Waals surface area (Å²) in [6.07, 6.45) is 7.26. The zero-order valence-corrected chi connectivity index (χ0v) is 15.8. The minimum Gasteiger partial charge on any atom is -0.351 e. The van der Waals surface area contributed by atoms with Gasteiger partial charge in [0.2, 0.25) is 0 Å². The van der Waals surface area contributed by atoms with E-state index in [9.17, 15) is 4.79 Å². The fourth-order valence-electron chi connectivity index (χ4n) is 3.01. The highest BCUT2D eigenvalue weighted by Gasteiger charge is 2.08. The van der Waals surface area contributed by atoms with Gasteiger partial charge in [0.25, 0.3) is 5.91 Å². The van der Waals surface area contributed by atoms with Crippen LogP contribution in [0.5, 0.6) is 0 Å². The molecule has 4 aromatic rings. The van der Waals surface area contributed by atoms with Crippen LogP contribution in [0.15, 0.2) is 55.0 Å². The van der Waals surface area contributed by atoms with E-state index in [1.165, 1.54) is 16.9 Å². The van der Waals surface area contributed by atoms with Crippen LogP contribution in [0.2, 0.25) is 0 Å². The summed E-state index contributed by atoms with van der Waals surface area (Å²) in [6.45, 7) is 2.56. The predicted octanol–water partition coefficient (Wildman–Crippen LogP) is 4.36. The third-order valence-corrected chi connectivity index (χ3v) is 5.37. The summed E-state index contributed by atoms with van der Waals surface area (Å²) in [6, 6.07) is 12.7. The molecule has 0 aliphatic rings. The van der Waals surface area contributed by atoms with E-state index in [0.29, 0.717) is 11.4 Å². The van der Waals surface area contributed by atoms with Crippen LogP contribution < -0.4 is 5.32 Å². The van der Waals surface area contributed by atoms with Gasteiger partial charge in [0, 0.05) is 29.9 Å². The molecule has 27 heavy (non-hydrogen) atoms. The normalized spacial score (nSPS) is 11.0. The molecule has 0 fully saturated rings. The van der Waals surface area contributed by atoms with E-state index in [1.807, 2.05) is 25.4 Å². The highest BCUT2D eigenvalue weighted by atomic mass is 32.1. The molecule has 3 heterocycles. The van der Waals surface area contributed by atoms with Crippen molar-refractivity contribution in [1.29, 1.82) is 0 Å². The topological polar surface area (TPSA) is 70.7 Å². The molecule has 4 rings (SSSR count). The van der Waals surface area contributed by atoms with Crippen LogP contribution in [0.25, 0.3) is 22.2 Å². The zero-order chi connectivity index (χ0) is 18.6. The number of carbonyl (C=O) groups excluding carboxylic acids is 1. The second-order valence-electron chi connectivity index (χ2n) is 6.44. The number of aromatic amines is 1. The molecule has 0 bridgehead atoms. The largest absolute Gasteiger partial charge is 0.351 e. The van der Waals surface area contributed by atoms with Crippen LogP contribution in [-0.4, -0.2) is 27.4 Å². The molecule has 5 nitrogen and oxygen atoms in total. The first-order valence-electron chi connectivity index (χ1n) is 8.92. The van der Waals surface area contributed by atoms with Crippen molar-refractivity contribution in [2.45, 2.75) is 19.8 Å². The van der Waals surface area contributed by atoms with Gasteiger partial charge in [-0.05, 0) is 43.0 Å². The number of hydrogen-bond acceptors (Lipinski definition) is 4. The van der Waals surface area contributed by atoms with Crippen molar-refractivity contribution < 1.29 is 4.79 Å². The van der Waals surface area contributed by atoms with Gasteiger partial charge in [0.15, 0.2) is 0 Å². The Morgan fingerprint density at radius 2 is 1.96 bits per heavy atom. The van der Waals surface area contributed by atoms with E-state index in [2.05, 4.69) is 50.6 Å². The Hall–Kier alpha value is -2.99. The predicted molar refractivity (Wildman–Crippen MR) is 109 cm³/mol. The molecule has 2 N–H and O–H groups in total. The number of aromatic nitrogens is 3. The third kappa shape index (κ3) is 4.06.